The van der Waals surface area contributed by atoms with Crippen LogP contribution in [0, 0.1) is 0 Å². The molecule has 1 unspecified atom stereocenters. The number of thioether (sulfide) groups is 1. The Morgan fingerprint density at radius 2 is 2.22 bits per heavy atom. The molecule has 1 aliphatic heterocycles. The average molecular weight is 447 g/mol. The van der Waals surface area contributed by atoms with Gasteiger partial charge in [0.1, 0.15) is 5.75 Å². The summed E-state index contributed by atoms with van der Waals surface area (Å²) in [4.78, 5) is 9.04. The van der Waals surface area contributed by atoms with E-state index in [1.807, 2.05) is 36.7 Å². The van der Waals surface area contributed by atoms with E-state index in [1.165, 1.54) is 0 Å². The fourth-order valence-corrected chi connectivity index (χ4v) is 4.26. The third-order valence-corrected chi connectivity index (χ3v) is 5.78. The van der Waals surface area contributed by atoms with Gasteiger partial charge in [0.2, 0.25) is 0 Å². The Labute approximate surface area is 170 Å². The Hall–Kier alpha value is -1.67. The van der Waals surface area contributed by atoms with Crippen LogP contribution in [-0.2, 0) is 22.5 Å². The maximum atomic E-state index is 6.19. The van der Waals surface area contributed by atoms with Gasteiger partial charge in [-0.2, -0.15) is 0 Å². The van der Waals surface area contributed by atoms with Crippen molar-refractivity contribution in [2.75, 3.05) is 20.2 Å². The van der Waals surface area contributed by atoms with E-state index >= 15 is 0 Å². The number of fused-ring (bicyclic) bond motifs is 2. The van der Waals surface area contributed by atoms with Gasteiger partial charge in [0, 0.05) is 35.1 Å². The molecule has 1 aromatic heterocycles. The van der Waals surface area contributed by atoms with Crippen molar-refractivity contribution in [3.8, 4) is 5.75 Å². The lowest BCUT2D eigenvalue weighted by molar-refractivity contribution is 0.0254. The fourth-order valence-electron chi connectivity index (χ4n) is 3.29. The lowest BCUT2D eigenvalue weighted by Crippen LogP contribution is -2.18. The summed E-state index contributed by atoms with van der Waals surface area (Å²) in [7, 11) is 1.61. The first-order valence-corrected chi connectivity index (χ1v) is 10.6. The average Bonchev–Trinajstić information content (AvgIpc) is 2.71. The van der Waals surface area contributed by atoms with Crippen molar-refractivity contribution in [3.05, 3.63) is 57.8 Å². The lowest BCUT2D eigenvalue weighted by atomic mass is 9.94. The van der Waals surface area contributed by atoms with Gasteiger partial charge in [0.25, 0.3) is 0 Å². The van der Waals surface area contributed by atoms with Gasteiger partial charge in [-0.1, -0.05) is 39.8 Å². The molecule has 0 saturated heterocycles. The van der Waals surface area contributed by atoms with Crippen molar-refractivity contribution in [1.82, 2.24) is 9.97 Å². The van der Waals surface area contributed by atoms with Gasteiger partial charge in [-0.15, -0.1) is 0 Å². The van der Waals surface area contributed by atoms with Crippen molar-refractivity contribution < 1.29 is 14.2 Å². The van der Waals surface area contributed by atoms with E-state index < -0.39 is 0 Å². The van der Waals surface area contributed by atoms with Crippen LogP contribution in [0.15, 0.2) is 46.2 Å². The van der Waals surface area contributed by atoms with Crippen LogP contribution in [0.1, 0.15) is 22.9 Å². The summed E-state index contributed by atoms with van der Waals surface area (Å²) in [6.45, 7) is 0.710. The van der Waals surface area contributed by atoms with Crippen molar-refractivity contribution in [2.24, 2.45) is 0 Å². The van der Waals surface area contributed by atoms with E-state index in [1.54, 1.807) is 18.9 Å². The maximum absolute atomic E-state index is 6.19. The molecular weight excluding hydrogens is 428 g/mol. The highest BCUT2D eigenvalue weighted by molar-refractivity contribution is 9.10. The maximum Gasteiger partial charge on any atom is 0.188 e. The third-order valence-electron chi connectivity index (χ3n) is 4.55. The van der Waals surface area contributed by atoms with Crippen molar-refractivity contribution in [1.29, 1.82) is 0 Å². The van der Waals surface area contributed by atoms with Gasteiger partial charge in [-0.25, -0.2) is 9.97 Å². The number of hydrogen-bond donors (Lipinski definition) is 0. The molecule has 140 valence electrons. The zero-order valence-electron chi connectivity index (χ0n) is 15.1. The van der Waals surface area contributed by atoms with Crippen LogP contribution in [0.25, 0.3) is 10.8 Å². The molecule has 27 heavy (non-hydrogen) atoms. The lowest BCUT2D eigenvalue weighted by Gasteiger charge is -2.26. The molecule has 4 rings (SSSR count). The standard InChI is InChI=1S/C20H19BrN2O3S/c1-24-11-26-14-6-12-4-3-5-16(21)19(12)15(7-14)18-8-17-13(10-25-18)9-22-20(23-17)27-2/h3-7,9,18H,8,10-11H2,1-2H3. The SMILES string of the molecule is COCOc1cc(C2Cc3nc(SC)ncc3CO2)c2c(Br)cccc2c1. The van der Waals surface area contributed by atoms with Crippen molar-refractivity contribution in [3.63, 3.8) is 0 Å². The van der Waals surface area contributed by atoms with Crippen LogP contribution in [0.5, 0.6) is 5.75 Å². The van der Waals surface area contributed by atoms with Crippen LogP contribution in [0.3, 0.4) is 0 Å². The number of nitrogens with zero attached hydrogens (tertiary/aromatic N) is 2. The summed E-state index contributed by atoms with van der Waals surface area (Å²) < 4.78 is 18.0. The Kier molecular flexibility index (Phi) is 5.63. The second-order valence-electron chi connectivity index (χ2n) is 6.23. The smallest absolute Gasteiger partial charge is 0.188 e. The summed E-state index contributed by atoms with van der Waals surface area (Å²) in [5.41, 5.74) is 3.19. The number of rotatable bonds is 5. The van der Waals surface area contributed by atoms with Gasteiger partial charge in [-0.3, -0.25) is 0 Å². The molecule has 2 heterocycles. The van der Waals surface area contributed by atoms with Gasteiger partial charge in [0.05, 0.1) is 18.4 Å². The second kappa shape index (κ2) is 8.14. The van der Waals surface area contributed by atoms with E-state index in [4.69, 9.17) is 19.2 Å². The molecule has 0 N–H and O–H groups in total. The molecule has 0 radical (unpaired) electrons. The molecular formula is C20H19BrN2O3S. The minimum Gasteiger partial charge on any atom is -0.468 e. The Bertz CT molecular complexity index is 983. The number of hydrogen-bond acceptors (Lipinski definition) is 6. The summed E-state index contributed by atoms with van der Waals surface area (Å²) in [5.74, 6) is 0.763. The summed E-state index contributed by atoms with van der Waals surface area (Å²) in [6, 6.07) is 10.2. The fraction of sp³-hybridized carbons (Fsp3) is 0.300. The number of ether oxygens (including phenoxy) is 3. The van der Waals surface area contributed by atoms with Gasteiger partial charge in [-0.05, 0) is 35.4 Å². The molecule has 3 aromatic rings. The molecule has 0 bridgehead atoms. The van der Waals surface area contributed by atoms with Crippen molar-refractivity contribution in [2.45, 2.75) is 24.3 Å². The van der Waals surface area contributed by atoms with E-state index in [9.17, 15) is 0 Å². The minimum atomic E-state index is -0.102. The Morgan fingerprint density at radius 1 is 1.33 bits per heavy atom. The van der Waals surface area contributed by atoms with Crippen LogP contribution in [-0.4, -0.2) is 30.1 Å². The second-order valence-corrected chi connectivity index (χ2v) is 7.86. The van der Waals surface area contributed by atoms with Gasteiger partial charge >= 0.3 is 0 Å². The first-order valence-electron chi connectivity index (χ1n) is 8.54. The summed E-state index contributed by atoms with van der Waals surface area (Å²) >= 11 is 5.25. The molecule has 0 amide bonds. The quantitative estimate of drug-likeness (QED) is 0.315. The summed E-state index contributed by atoms with van der Waals surface area (Å²) in [5, 5.41) is 3.02. The molecule has 0 aliphatic carbocycles. The Balaban J connectivity index is 1.77. The van der Waals surface area contributed by atoms with Crippen LogP contribution in [0.4, 0.5) is 0 Å². The first kappa shape index (κ1) is 18.7. The molecule has 7 heteroatoms. The number of aromatic nitrogens is 2. The highest BCUT2D eigenvalue weighted by Crippen LogP contribution is 2.39. The first-order chi connectivity index (χ1) is 13.2. The topological polar surface area (TPSA) is 53.5 Å². The van der Waals surface area contributed by atoms with E-state index in [2.05, 4.69) is 27.0 Å². The van der Waals surface area contributed by atoms with Gasteiger partial charge < -0.3 is 14.2 Å². The van der Waals surface area contributed by atoms with Crippen molar-refractivity contribution >= 4 is 38.5 Å². The van der Waals surface area contributed by atoms with Crippen LogP contribution >= 0.6 is 27.7 Å². The predicted octanol–water partition coefficient (Wildman–Crippen LogP) is 4.91. The molecule has 0 fully saturated rings. The predicted molar refractivity (Wildman–Crippen MR) is 109 cm³/mol. The Morgan fingerprint density at radius 3 is 3.04 bits per heavy atom. The largest absolute Gasteiger partial charge is 0.468 e. The normalized spacial score (nSPS) is 16.3. The highest BCUT2D eigenvalue weighted by Gasteiger charge is 2.25. The molecule has 2 aromatic carbocycles. The van der Waals surface area contributed by atoms with Crippen LogP contribution in [0.2, 0.25) is 0 Å². The highest BCUT2D eigenvalue weighted by atomic mass is 79.9. The molecule has 1 atom stereocenters. The zero-order valence-corrected chi connectivity index (χ0v) is 17.5. The minimum absolute atomic E-state index is 0.102. The third kappa shape index (κ3) is 3.82. The zero-order chi connectivity index (χ0) is 18.8. The van der Waals surface area contributed by atoms with Crippen LogP contribution < -0.4 is 4.74 Å². The molecule has 5 nitrogen and oxygen atoms in total. The molecule has 1 aliphatic rings. The number of halogens is 1. The number of methoxy groups -OCH3 is 1. The number of benzene rings is 2. The monoisotopic (exact) mass is 446 g/mol. The van der Waals surface area contributed by atoms with Gasteiger partial charge in [0.15, 0.2) is 11.9 Å². The van der Waals surface area contributed by atoms with E-state index in [0.717, 1.165) is 43.0 Å². The summed E-state index contributed by atoms with van der Waals surface area (Å²) in [6.07, 6.45) is 4.46. The molecule has 0 saturated carbocycles. The molecule has 0 spiro atoms. The van der Waals surface area contributed by atoms with E-state index in [0.29, 0.717) is 13.0 Å². The van der Waals surface area contributed by atoms with E-state index in [-0.39, 0.29) is 12.9 Å².